The molecule has 0 radical (unpaired) electrons. The average Bonchev–Trinajstić information content (AvgIpc) is 2.61. The Morgan fingerprint density at radius 2 is 1.92 bits per heavy atom. The minimum atomic E-state index is -1.11. The predicted octanol–water partition coefficient (Wildman–Crippen LogP) is 3.24. The molecule has 2 amide bonds. The molecule has 2 heterocycles. The lowest BCUT2D eigenvalue weighted by atomic mass is 9.95. The van der Waals surface area contributed by atoms with Crippen LogP contribution < -0.4 is 0 Å². The largest absolute Gasteiger partial charge is 0.465 e. The maximum absolute atomic E-state index is 13.3. The van der Waals surface area contributed by atoms with Crippen LogP contribution in [0.1, 0.15) is 39.2 Å². The van der Waals surface area contributed by atoms with Crippen LogP contribution in [0.15, 0.2) is 42.5 Å². The third-order valence-corrected chi connectivity index (χ3v) is 4.86. The maximum Gasteiger partial charge on any atom is 0.408 e. The number of carbonyl (C=O) groups is 2. The van der Waals surface area contributed by atoms with Gasteiger partial charge in [-0.25, -0.2) is 9.86 Å². The first-order valence-corrected chi connectivity index (χ1v) is 9.02. The summed E-state index contributed by atoms with van der Waals surface area (Å²) >= 11 is 0. The fraction of sp³-hybridized carbons (Fsp3) is 0.500. The van der Waals surface area contributed by atoms with Gasteiger partial charge in [0.15, 0.2) is 0 Å². The standard InChI is InChI=1S/C20H26N2O4/c1-20(2,3)21(19(24)25)17(13-14-7-5-4-6-8-14)18(23)22-15-9-11-16(26-22)12-10-15/h4-9,11,15-17H,10,12-13H2,1-3H3,(H,24,25)/t15?,16?,17-/m0/s1. The summed E-state index contributed by atoms with van der Waals surface area (Å²) in [6, 6.07) is 8.53. The lowest BCUT2D eigenvalue weighted by molar-refractivity contribution is -0.234. The molecule has 0 spiro atoms. The van der Waals surface area contributed by atoms with Crippen molar-refractivity contribution < 1.29 is 19.5 Å². The average molecular weight is 358 g/mol. The monoisotopic (exact) mass is 358 g/mol. The molecule has 1 fully saturated rings. The normalized spacial score (nSPS) is 23.0. The molecular weight excluding hydrogens is 332 g/mol. The molecule has 4 rings (SSSR count). The lowest BCUT2D eigenvalue weighted by Gasteiger charge is -2.45. The Morgan fingerprint density at radius 3 is 2.38 bits per heavy atom. The van der Waals surface area contributed by atoms with E-state index in [9.17, 15) is 14.7 Å². The van der Waals surface area contributed by atoms with Crippen molar-refractivity contribution >= 4 is 12.0 Å². The van der Waals surface area contributed by atoms with Crippen LogP contribution in [-0.4, -0.2) is 50.8 Å². The molecule has 1 aromatic carbocycles. The molecule has 2 bridgehead atoms. The smallest absolute Gasteiger partial charge is 0.408 e. The summed E-state index contributed by atoms with van der Waals surface area (Å²) in [6.07, 6.45) is 4.78. The van der Waals surface area contributed by atoms with Gasteiger partial charge in [0.25, 0.3) is 5.91 Å². The molecule has 1 aliphatic carbocycles. The first-order valence-electron chi connectivity index (χ1n) is 9.02. The molecule has 6 heteroatoms. The first-order chi connectivity index (χ1) is 12.3. The molecule has 1 aromatic rings. The van der Waals surface area contributed by atoms with Crippen LogP contribution in [0, 0.1) is 0 Å². The van der Waals surface area contributed by atoms with E-state index in [-0.39, 0.29) is 18.1 Å². The molecule has 6 nitrogen and oxygen atoms in total. The summed E-state index contributed by atoms with van der Waals surface area (Å²) in [7, 11) is 0. The highest BCUT2D eigenvalue weighted by molar-refractivity contribution is 5.86. The van der Waals surface area contributed by atoms with Crippen molar-refractivity contribution in [2.24, 2.45) is 0 Å². The Bertz CT molecular complexity index is 696. The van der Waals surface area contributed by atoms with Crippen LogP contribution in [0.4, 0.5) is 4.79 Å². The minimum Gasteiger partial charge on any atom is -0.465 e. The van der Waals surface area contributed by atoms with E-state index in [4.69, 9.17) is 4.84 Å². The highest BCUT2D eigenvalue weighted by Gasteiger charge is 2.43. The molecule has 26 heavy (non-hydrogen) atoms. The summed E-state index contributed by atoms with van der Waals surface area (Å²) in [6.45, 7) is 5.40. The third-order valence-electron chi connectivity index (χ3n) is 4.86. The van der Waals surface area contributed by atoms with Crippen LogP contribution >= 0.6 is 0 Å². The minimum absolute atomic E-state index is 0.103. The summed E-state index contributed by atoms with van der Waals surface area (Å²) < 4.78 is 0. The number of carbonyl (C=O) groups excluding carboxylic acids is 1. The maximum atomic E-state index is 13.3. The molecule has 0 aromatic heterocycles. The van der Waals surface area contributed by atoms with E-state index in [1.165, 1.54) is 9.96 Å². The van der Waals surface area contributed by atoms with Crippen molar-refractivity contribution in [1.29, 1.82) is 0 Å². The van der Waals surface area contributed by atoms with Gasteiger partial charge in [-0.2, -0.15) is 0 Å². The van der Waals surface area contributed by atoms with E-state index in [1.807, 2.05) is 42.5 Å². The van der Waals surface area contributed by atoms with E-state index in [0.29, 0.717) is 6.42 Å². The number of hydrogen-bond donors (Lipinski definition) is 1. The fourth-order valence-electron chi connectivity index (χ4n) is 3.66. The second kappa shape index (κ2) is 7.11. The zero-order valence-electron chi connectivity index (χ0n) is 15.5. The highest BCUT2D eigenvalue weighted by Crippen LogP contribution is 2.30. The number of amides is 2. The van der Waals surface area contributed by atoms with Gasteiger partial charge in [0.05, 0.1) is 6.04 Å². The van der Waals surface area contributed by atoms with Gasteiger partial charge in [-0.3, -0.25) is 14.5 Å². The summed E-state index contributed by atoms with van der Waals surface area (Å²) in [5, 5.41) is 11.2. The molecule has 3 aliphatic rings. The zero-order chi connectivity index (χ0) is 18.9. The van der Waals surface area contributed by atoms with E-state index in [0.717, 1.165) is 18.4 Å². The second-order valence-corrected chi connectivity index (χ2v) is 7.87. The number of benzene rings is 1. The fourth-order valence-corrected chi connectivity index (χ4v) is 3.66. The van der Waals surface area contributed by atoms with Gasteiger partial charge in [0, 0.05) is 12.0 Å². The number of nitrogens with zero attached hydrogens (tertiary/aromatic N) is 2. The van der Waals surface area contributed by atoms with Gasteiger partial charge in [-0.15, -0.1) is 0 Å². The van der Waals surface area contributed by atoms with Gasteiger partial charge < -0.3 is 5.11 Å². The van der Waals surface area contributed by atoms with Crippen molar-refractivity contribution in [2.75, 3.05) is 0 Å². The number of fused-ring (bicyclic) bond motifs is 2. The molecule has 1 saturated heterocycles. The Kier molecular flexibility index (Phi) is 5.05. The van der Waals surface area contributed by atoms with Crippen molar-refractivity contribution in [1.82, 2.24) is 9.96 Å². The Hall–Kier alpha value is -2.34. The Morgan fingerprint density at radius 1 is 1.23 bits per heavy atom. The SMILES string of the molecule is CC(C)(C)N(C(=O)O)[C@@H](Cc1ccccc1)C(=O)N1OC2C=CC1CC2. The predicted molar refractivity (Wildman–Crippen MR) is 97.4 cm³/mol. The van der Waals surface area contributed by atoms with E-state index < -0.39 is 17.7 Å². The van der Waals surface area contributed by atoms with Crippen LogP contribution in [-0.2, 0) is 16.1 Å². The number of hydrogen-bond acceptors (Lipinski definition) is 3. The lowest BCUT2D eigenvalue weighted by Crippen LogP contribution is -2.61. The van der Waals surface area contributed by atoms with E-state index in [1.54, 1.807) is 20.8 Å². The van der Waals surface area contributed by atoms with Crippen LogP contribution in [0.3, 0.4) is 0 Å². The van der Waals surface area contributed by atoms with Crippen molar-refractivity contribution in [3.8, 4) is 0 Å². The zero-order valence-corrected chi connectivity index (χ0v) is 15.5. The number of hydroxylamine groups is 2. The van der Waals surface area contributed by atoms with Gasteiger partial charge in [0.2, 0.25) is 0 Å². The van der Waals surface area contributed by atoms with Crippen LogP contribution in [0.25, 0.3) is 0 Å². The van der Waals surface area contributed by atoms with E-state index in [2.05, 4.69) is 0 Å². The summed E-state index contributed by atoms with van der Waals surface area (Å²) in [4.78, 5) is 32.4. The van der Waals surface area contributed by atoms with Crippen LogP contribution in [0.5, 0.6) is 0 Å². The van der Waals surface area contributed by atoms with Crippen molar-refractivity contribution in [3.63, 3.8) is 0 Å². The quantitative estimate of drug-likeness (QED) is 0.839. The topological polar surface area (TPSA) is 70.1 Å². The van der Waals surface area contributed by atoms with Crippen molar-refractivity contribution in [2.45, 2.75) is 63.8 Å². The van der Waals surface area contributed by atoms with Crippen LogP contribution in [0.2, 0.25) is 0 Å². The molecule has 3 atom stereocenters. The molecule has 1 N–H and O–H groups in total. The highest BCUT2D eigenvalue weighted by atomic mass is 16.7. The summed E-state index contributed by atoms with van der Waals surface area (Å²) in [5.41, 5.74) is 0.199. The third kappa shape index (κ3) is 3.75. The van der Waals surface area contributed by atoms with Gasteiger partial charge >= 0.3 is 6.09 Å². The Labute approximate surface area is 154 Å². The van der Waals surface area contributed by atoms with Gasteiger partial charge in [-0.1, -0.05) is 42.5 Å². The van der Waals surface area contributed by atoms with Crippen molar-refractivity contribution in [3.05, 3.63) is 48.0 Å². The number of carboxylic acid groups (broad SMARTS) is 1. The molecule has 0 saturated carbocycles. The second-order valence-electron chi connectivity index (χ2n) is 7.87. The molecular formula is C20H26N2O4. The number of rotatable bonds is 4. The van der Waals surface area contributed by atoms with Gasteiger partial charge in [0.1, 0.15) is 12.1 Å². The molecule has 140 valence electrons. The Balaban J connectivity index is 1.93. The first kappa shape index (κ1) is 18.5. The van der Waals surface area contributed by atoms with E-state index >= 15 is 0 Å². The molecule has 2 aliphatic heterocycles. The summed E-state index contributed by atoms with van der Waals surface area (Å²) in [5.74, 6) is -0.301. The van der Waals surface area contributed by atoms with Gasteiger partial charge in [-0.05, 0) is 39.2 Å². The molecule has 2 unspecified atom stereocenters.